The molecule has 5 nitrogen and oxygen atoms in total. The molecular formula is C23H36N4OS. The largest absolute Gasteiger partial charge is 0.385 e. The number of anilines is 1. The molecule has 0 saturated carbocycles. The Kier molecular flexibility index (Phi) is 12.5. The highest BCUT2D eigenvalue weighted by Gasteiger charge is 2.17. The highest BCUT2D eigenvalue weighted by molar-refractivity contribution is 7.25. The smallest absolute Gasteiger partial charge is 0.275 e. The van der Waals surface area contributed by atoms with Crippen LogP contribution in [0.4, 0.5) is 5.69 Å². The summed E-state index contributed by atoms with van der Waals surface area (Å²) in [6.45, 7) is 21.8. The number of fused-ring (bicyclic) bond motifs is 3. The van der Waals surface area contributed by atoms with Gasteiger partial charge < -0.3 is 5.32 Å². The maximum atomic E-state index is 12.8. The van der Waals surface area contributed by atoms with E-state index in [9.17, 15) is 4.79 Å². The van der Waals surface area contributed by atoms with Crippen molar-refractivity contribution in [3.05, 3.63) is 47.2 Å². The normalized spacial score (nSPS) is 10.2. The number of nitrogens with zero attached hydrogens (tertiary/aromatic N) is 3. The van der Waals surface area contributed by atoms with Crippen LogP contribution in [0.25, 0.3) is 26.1 Å². The lowest BCUT2D eigenvalue weighted by molar-refractivity contribution is 0.910. The van der Waals surface area contributed by atoms with E-state index in [1.807, 2.05) is 74.5 Å². The third-order valence-corrected chi connectivity index (χ3v) is 4.77. The van der Waals surface area contributed by atoms with Gasteiger partial charge in [0.1, 0.15) is 20.9 Å². The van der Waals surface area contributed by atoms with Crippen LogP contribution in [-0.4, -0.2) is 21.1 Å². The van der Waals surface area contributed by atoms with Crippen LogP contribution in [0, 0.1) is 6.92 Å². The second kappa shape index (κ2) is 13.7. The van der Waals surface area contributed by atoms with Crippen molar-refractivity contribution in [2.24, 2.45) is 0 Å². The maximum Gasteiger partial charge on any atom is 0.275 e. The maximum absolute atomic E-state index is 12.8. The molecule has 160 valence electrons. The molecule has 0 aliphatic heterocycles. The molecule has 0 spiro atoms. The molecule has 0 bridgehead atoms. The number of pyridine rings is 1. The standard InChI is InChI=1S/C16H18N4OS.C3H6.2C2H6/c1-5-9(3)20-10(4)19-13-12-11(17-6-2)7-8-18-15(12)22-14(13)16(20)21;1-3-2;2*1-2/h5,7-8H,6H2,1-4H3,(H,17,18);3H,1H2,2H3;2*1-2H3/b9-5+;;;. The quantitative estimate of drug-likeness (QED) is 0.473. The Morgan fingerprint density at radius 1 is 1.28 bits per heavy atom. The van der Waals surface area contributed by atoms with Crippen molar-refractivity contribution >= 4 is 43.2 Å². The van der Waals surface area contributed by atoms with E-state index in [2.05, 4.69) is 21.9 Å². The Balaban J connectivity index is 0.00000100. The predicted octanol–water partition coefficient (Wildman–Crippen LogP) is 6.87. The van der Waals surface area contributed by atoms with Crippen LogP contribution < -0.4 is 10.9 Å². The van der Waals surface area contributed by atoms with Gasteiger partial charge in [-0.2, -0.15) is 0 Å². The number of allylic oxidation sites excluding steroid dienone is 3. The second-order valence-electron chi connectivity index (χ2n) is 5.49. The minimum atomic E-state index is -0.0245. The Bertz CT molecular complexity index is 999. The van der Waals surface area contributed by atoms with Gasteiger partial charge in [0.05, 0.1) is 5.39 Å². The van der Waals surface area contributed by atoms with Crippen molar-refractivity contribution in [3.63, 3.8) is 0 Å². The van der Waals surface area contributed by atoms with Gasteiger partial charge in [-0.1, -0.05) is 39.8 Å². The first-order valence-electron chi connectivity index (χ1n) is 10.2. The highest BCUT2D eigenvalue weighted by Crippen LogP contribution is 2.34. The Morgan fingerprint density at radius 3 is 2.38 bits per heavy atom. The lowest BCUT2D eigenvalue weighted by atomic mass is 10.2. The molecular weight excluding hydrogens is 380 g/mol. The third kappa shape index (κ3) is 6.00. The van der Waals surface area contributed by atoms with E-state index in [4.69, 9.17) is 0 Å². The van der Waals surface area contributed by atoms with Crippen molar-refractivity contribution < 1.29 is 0 Å². The fourth-order valence-electron chi connectivity index (χ4n) is 2.60. The number of hydrogen-bond acceptors (Lipinski definition) is 5. The molecule has 0 unspecified atom stereocenters. The molecule has 0 amide bonds. The molecule has 0 fully saturated rings. The van der Waals surface area contributed by atoms with Crippen LogP contribution in [-0.2, 0) is 0 Å². The Hall–Kier alpha value is -2.47. The highest BCUT2D eigenvalue weighted by atomic mass is 32.1. The molecule has 3 aromatic heterocycles. The van der Waals surface area contributed by atoms with Gasteiger partial charge in [-0.05, 0) is 40.7 Å². The van der Waals surface area contributed by atoms with Gasteiger partial charge in [0.2, 0.25) is 0 Å². The Morgan fingerprint density at radius 2 is 1.86 bits per heavy atom. The summed E-state index contributed by atoms with van der Waals surface area (Å²) in [7, 11) is 0. The van der Waals surface area contributed by atoms with Crippen molar-refractivity contribution in [1.82, 2.24) is 14.5 Å². The molecule has 29 heavy (non-hydrogen) atoms. The molecule has 6 heteroatoms. The van der Waals surface area contributed by atoms with Gasteiger partial charge in [-0.3, -0.25) is 9.36 Å². The van der Waals surface area contributed by atoms with E-state index in [0.29, 0.717) is 10.5 Å². The van der Waals surface area contributed by atoms with Crippen molar-refractivity contribution in [1.29, 1.82) is 0 Å². The summed E-state index contributed by atoms with van der Waals surface area (Å²) in [6, 6.07) is 1.93. The fraction of sp³-hybridized carbons (Fsp3) is 0.435. The first-order valence-corrected chi connectivity index (χ1v) is 11.1. The fourth-order valence-corrected chi connectivity index (χ4v) is 3.64. The average Bonchev–Trinajstić information content (AvgIpc) is 3.11. The Labute approximate surface area is 179 Å². The van der Waals surface area contributed by atoms with Gasteiger partial charge in [0.15, 0.2) is 0 Å². The minimum Gasteiger partial charge on any atom is -0.385 e. The summed E-state index contributed by atoms with van der Waals surface area (Å²) in [4.78, 5) is 22.8. The minimum absolute atomic E-state index is 0.0245. The van der Waals surface area contributed by atoms with Crippen LogP contribution in [0.3, 0.4) is 0 Å². The van der Waals surface area contributed by atoms with Crippen LogP contribution in [0.15, 0.2) is 35.8 Å². The molecule has 0 aliphatic rings. The summed E-state index contributed by atoms with van der Waals surface area (Å²) in [5.41, 5.74) is 2.58. The molecule has 0 aromatic carbocycles. The lowest BCUT2D eigenvalue weighted by Crippen LogP contribution is -2.21. The van der Waals surface area contributed by atoms with E-state index >= 15 is 0 Å². The van der Waals surface area contributed by atoms with Crippen LogP contribution >= 0.6 is 11.3 Å². The second-order valence-corrected chi connectivity index (χ2v) is 6.49. The monoisotopic (exact) mass is 416 g/mol. The van der Waals surface area contributed by atoms with Crippen molar-refractivity contribution in [3.8, 4) is 0 Å². The summed E-state index contributed by atoms with van der Waals surface area (Å²) < 4.78 is 2.31. The molecule has 0 atom stereocenters. The lowest BCUT2D eigenvalue weighted by Gasteiger charge is -2.09. The zero-order valence-electron chi connectivity index (χ0n) is 19.4. The summed E-state index contributed by atoms with van der Waals surface area (Å²) in [5.74, 6) is 0.694. The van der Waals surface area contributed by atoms with E-state index in [1.54, 1.807) is 16.8 Å². The zero-order chi connectivity index (χ0) is 22.6. The van der Waals surface area contributed by atoms with E-state index < -0.39 is 0 Å². The van der Waals surface area contributed by atoms with Gasteiger partial charge in [-0.15, -0.1) is 17.9 Å². The van der Waals surface area contributed by atoms with Crippen LogP contribution in [0.5, 0.6) is 0 Å². The summed E-state index contributed by atoms with van der Waals surface area (Å²) >= 11 is 1.40. The van der Waals surface area contributed by atoms with Crippen molar-refractivity contribution in [2.45, 2.75) is 62.3 Å². The van der Waals surface area contributed by atoms with Crippen LogP contribution in [0.2, 0.25) is 0 Å². The van der Waals surface area contributed by atoms with Crippen LogP contribution in [0.1, 0.15) is 61.2 Å². The molecule has 0 saturated heterocycles. The topological polar surface area (TPSA) is 59.8 Å². The molecule has 3 heterocycles. The number of nitrogens with one attached hydrogen (secondary N) is 1. The van der Waals surface area contributed by atoms with Gasteiger partial charge in [0.25, 0.3) is 5.56 Å². The molecule has 3 rings (SSSR count). The summed E-state index contributed by atoms with van der Waals surface area (Å²) in [5, 5.41) is 4.26. The summed E-state index contributed by atoms with van der Waals surface area (Å²) in [6.07, 6.45) is 5.43. The first kappa shape index (κ1) is 26.5. The molecule has 0 radical (unpaired) electrons. The van der Waals surface area contributed by atoms with Crippen molar-refractivity contribution in [2.75, 3.05) is 11.9 Å². The third-order valence-electron chi connectivity index (χ3n) is 3.70. The predicted molar refractivity (Wildman–Crippen MR) is 132 cm³/mol. The van der Waals surface area contributed by atoms with E-state index in [1.165, 1.54) is 11.3 Å². The van der Waals surface area contributed by atoms with Gasteiger partial charge >= 0.3 is 0 Å². The van der Waals surface area contributed by atoms with Gasteiger partial charge in [0, 0.05) is 24.1 Å². The average molecular weight is 417 g/mol. The number of hydrogen-bond donors (Lipinski definition) is 1. The van der Waals surface area contributed by atoms with Gasteiger partial charge in [-0.25, -0.2) is 9.97 Å². The number of aromatic nitrogens is 3. The molecule has 0 aliphatic carbocycles. The molecule has 1 N–H and O–H groups in total. The first-order chi connectivity index (χ1) is 14.0. The number of rotatable bonds is 3. The number of thiophene rings is 1. The number of aryl methyl sites for hydroxylation is 1. The molecule has 3 aromatic rings. The van der Waals surface area contributed by atoms with E-state index in [-0.39, 0.29) is 5.56 Å². The SMILES string of the molecule is C/C=C(\C)n1c(C)nc2c(sc3nccc(NCC)c32)c1=O.C=CC.CC.CC. The van der Waals surface area contributed by atoms with E-state index in [0.717, 1.165) is 33.7 Å². The zero-order valence-corrected chi connectivity index (χ0v) is 20.2.